The average Bonchev–Trinajstić information content (AvgIpc) is 2.39. The molecule has 0 atom stereocenters. The van der Waals surface area contributed by atoms with Crippen LogP contribution in [0.4, 0.5) is 13.2 Å². The molecule has 1 aromatic heterocycles. The van der Waals surface area contributed by atoms with Gasteiger partial charge in [-0.3, -0.25) is 9.88 Å². The molecule has 0 aromatic carbocycles. The fourth-order valence-corrected chi connectivity index (χ4v) is 2.27. The normalized spacial score (nSPS) is 17.4. The highest BCUT2D eigenvalue weighted by Gasteiger charge is 2.32. The number of aromatic nitrogens is 1. The SMILES string of the molecule is CCCN1CCC=C(c2ccc(C(F)(F)F)nc2)C1. The van der Waals surface area contributed by atoms with Crippen LogP contribution < -0.4 is 0 Å². The third kappa shape index (κ3) is 3.56. The van der Waals surface area contributed by atoms with Gasteiger partial charge in [0.2, 0.25) is 0 Å². The third-order valence-corrected chi connectivity index (χ3v) is 3.19. The third-order valence-electron chi connectivity index (χ3n) is 3.19. The Morgan fingerprint density at radius 2 is 2.11 bits per heavy atom. The summed E-state index contributed by atoms with van der Waals surface area (Å²) in [6.07, 6.45) is 1.07. The highest BCUT2D eigenvalue weighted by atomic mass is 19.4. The molecule has 2 nitrogen and oxygen atoms in total. The number of rotatable bonds is 3. The van der Waals surface area contributed by atoms with Gasteiger partial charge in [-0.2, -0.15) is 13.2 Å². The van der Waals surface area contributed by atoms with Gasteiger partial charge in [0.1, 0.15) is 5.69 Å². The lowest BCUT2D eigenvalue weighted by Gasteiger charge is -2.26. The van der Waals surface area contributed by atoms with Gasteiger partial charge in [-0.15, -0.1) is 0 Å². The lowest BCUT2D eigenvalue weighted by molar-refractivity contribution is -0.141. The van der Waals surface area contributed by atoms with Crippen molar-refractivity contribution >= 4 is 5.57 Å². The molecular formula is C14H17F3N2. The van der Waals surface area contributed by atoms with Gasteiger partial charge >= 0.3 is 6.18 Å². The highest BCUT2D eigenvalue weighted by molar-refractivity contribution is 5.67. The molecule has 2 rings (SSSR count). The van der Waals surface area contributed by atoms with E-state index in [1.54, 1.807) is 0 Å². The largest absolute Gasteiger partial charge is 0.433 e. The van der Waals surface area contributed by atoms with Gasteiger partial charge in [0.25, 0.3) is 0 Å². The number of halogens is 3. The lowest BCUT2D eigenvalue weighted by Crippen LogP contribution is -2.30. The van der Waals surface area contributed by atoms with Gasteiger partial charge in [-0.1, -0.05) is 19.1 Å². The molecule has 0 bridgehead atoms. The summed E-state index contributed by atoms with van der Waals surface area (Å²) in [5.41, 5.74) is 1.02. The van der Waals surface area contributed by atoms with E-state index < -0.39 is 11.9 Å². The molecule has 5 heteroatoms. The van der Waals surface area contributed by atoms with Crippen LogP contribution in [0.2, 0.25) is 0 Å². The van der Waals surface area contributed by atoms with E-state index >= 15 is 0 Å². The maximum absolute atomic E-state index is 12.4. The van der Waals surface area contributed by atoms with Crippen LogP contribution in [-0.2, 0) is 6.18 Å². The minimum atomic E-state index is -4.37. The predicted molar refractivity (Wildman–Crippen MR) is 68.6 cm³/mol. The van der Waals surface area contributed by atoms with Crippen LogP contribution in [0.1, 0.15) is 31.0 Å². The topological polar surface area (TPSA) is 16.1 Å². The fourth-order valence-electron chi connectivity index (χ4n) is 2.27. The molecule has 1 aliphatic heterocycles. The molecule has 0 N–H and O–H groups in total. The molecule has 0 saturated heterocycles. The summed E-state index contributed by atoms with van der Waals surface area (Å²) in [5, 5.41) is 0. The molecule has 0 unspecified atom stereocenters. The van der Waals surface area contributed by atoms with E-state index in [2.05, 4.69) is 22.9 Å². The summed E-state index contributed by atoms with van der Waals surface area (Å²) in [6, 6.07) is 2.56. The molecule has 0 aliphatic carbocycles. The van der Waals surface area contributed by atoms with E-state index in [9.17, 15) is 13.2 Å². The Morgan fingerprint density at radius 1 is 1.32 bits per heavy atom. The molecule has 0 spiro atoms. The van der Waals surface area contributed by atoms with Crippen LogP contribution in [0.25, 0.3) is 5.57 Å². The van der Waals surface area contributed by atoms with E-state index in [-0.39, 0.29) is 0 Å². The minimum absolute atomic E-state index is 0.786. The van der Waals surface area contributed by atoms with Gasteiger partial charge in [0.05, 0.1) is 0 Å². The maximum atomic E-state index is 12.4. The smallest absolute Gasteiger partial charge is 0.299 e. The molecule has 2 heterocycles. The molecular weight excluding hydrogens is 253 g/mol. The summed E-state index contributed by atoms with van der Waals surface area (Å²) >= 11 is 0. The second-order valence-corrected chi connectivity index (χ2v) is 4.72. The van der Waals surface area contributed by atoms with Gasteiger partial charge in [0, 0.05) is 19.3 Å². The van der Waals surface area contributed by atoms with E-state index in [1.807, 2.05) is 0 Å². The van der Waals surface area contributed by atoms with Crippen molar-refractivity contribution < 1.29 is 13.2 Å². The van der Waals surface area contributed by atoms with Crippen molar-refractivity contribution in [3.8, 4) is 0 Å². The Labute approximate surface area is 110 Å². The van der Waals surface area contributed by atoms with Crippen LogP contribution in [0.5, 0.6) is 0 Å². The standard InChI is InChI=1S/C14H17F3N2/c1-2-7-19-8-3-4-12(10-19)11-5-6-13(18-9-11)14(15,16)17/h4-6,9H,2-3,7-8,10H2,1H3. The van der Waals surface area contributed by atoms with E-state index in [4.69, 9.17) is 0 Å². The van der Waals surface area contributed by atoms with Crippen LogP contribution >= 0.6 is 0 Å². The van der Waals surface area contributed by atoms with Gasteiger partial charge < -0.3 is 0 Å². The summed E-state index contributed by atoms with van der Waals surface area (Å²) in [4.78, 5) is 5.82. The second-order valence-electron chi connectivity index (χ2n) is 4.72. The molecule has 104 valence electrons. The van der Waals surface area contributed by atoms with Crippen molar-refractivity contribution in [3.05, 3.63) is 35.7 Å². The molecule has 0 saturated carbocycles. The zero-order valence-electron chi connectivity index (χ0n) is 10.9. The molecule has 0 radical (unpaired) electrons. The highest BCUT2D eigenvalue weighted by Crippen LogP contribution is 2.28. The van der Waals surface area contributed by atoms with Gasteiger partial charge in [-0.05, 0) is 36.6 Å². The Hall–Kier alpha value is -1.36. The lowest BCUT2D eigenvalue weighted by atomic mass is 10.0. The fraction of sp³-hybridized carbons (Fsp3) is 0.500. The molecule has 1 aliphatic rings. The van der Waals surface area contributed by atoms with E-state index in [0.29, 0.717) is 0 Å². The first kappa shape index (κ1) is 14.1. The Kier molecular flexibility index (Phi) is 4.24. The van der Waals surface area contributed by atoms with Crippen LogP contribution in [0.3, 0.4) is 0 Å². The van der Waals surface area contributed by atoms with Crippen molar-refractivity contribution in [2.24, 2.45) is 0 Å². The monoisotopic (exact) mass is 270 g/mol. The van der Waals surface area contributed by atoms with Crippen molar-refractivity contribution in [3.63, 3.8) is 0 Å². The molecule has 0 amide bonds. The summed E-state index contributed by atoms with van der Waals surface area (Å²) in [6.45, 7) is 4.95. The first-order valence-corrected chi connectivity index (χ1v) is 6.45. The number of alkyl halides is 3. The van der Waals surface area contributed by atoms with Gasteiger partial charge in [-0.25, -0.2) is 0 Å². The molecule has 0 fully saturated rings. The van der Waals surface area contributed by atoms with Crippen LogP contribution in [-0.4, -0.2) is 29.5 Å². The Balaban J connectivity index is 2.12. The van der Waals surface area contributed by atoms with Crippen molar-refractivity contribution in [1.82, 2.24) is 9.88 Å². The first-order valence-electron chi connectivity index (χ1n) is 6.45. The second kappa shape index (κ2) is 5.74. The Bertz CT molecular complexity index is 449. The number of pyridine rings is 1. The zero-order valence-corrected chi connectivity index (χ0v) is 10.9. The summed E-state index contributed by atoms with van der Waals surface area (Å²) in [7, 11) is 0. The van der Waals surface area contributed by atoms with Crippen LogP contribution in [0, 0.1) is 0 Å². The minimum Gasteiger partial charge on any atom is -0.299 e. The number of nitrogens with zero attached hydrogens (tertiary/aromatic N) is 2. The quantitative estimate of drug-likeness (QED) is 0.834. The average molecular weight is 270 g/mol. The molecule has 19 heavy (non-hydrogen) atoms. The van der Waals surface area contributed by atoms with Crippen molar-refractivity contribution in [2.75, 3.05) is 19.6 Å². The van der Waals surface area contributed by atoms with E-state index in [1.165, 1.54) is 12.3 Å². The summed E-state index contributed by atoms with van der Waals surface area (Å²) in [5.74, 6) is 0. The molecule has 1 aromatic rings. The van der Waals surface area contributed by atoms with Gasteiger partial charge in [0.15, 0.2) is 0 Å². The van der Waals surface area contributed by atoms with Crippen LogP contribution in [0.15, 0.2) is 24.4 Å². The zero-order chi connectivity index (χ0) is 13.9. The van der Waals surface area contributed by atoms with Crippen molar-refractivity contribution in [2.45, 2.75) is 25.9 Å². The number of hydrogen-bond acceptors (Lipinski definition) is 2. The maximum Gasteiger partial charge on any atom is 0.433 e. The van der Waals surface area contributed by atoms with Crippen molar-refractivity contribution in [1.29, 1.82) is 0 Å². The predicted octanol–water partition coefficient (Wildman–Crippen LogP) is 3.60. The first-order chi connectivity index (χ1) is 9.00. The van der Waals surface area contributed by atoms with E-state index in [0.717, 1.165) is 49.7 Å². The summed E-state index contributed by atoms with van der Waals surface area (Å²) < 4.78 is 37.3. The Morgan fingerprint density at radius 3 is 2.68 bits per heavy atom. The number of hydrogen-bond donors (Lipinski definition) is 0.